The molecule has 0 aliphatic rings. The van der Waals surface area contributed by atoms with Crippen LogP contribution in [0.15, 0.2) is 47.7 Å². The third-order valence-corrected chi connectivity index (χ3v) is 3.81. The average molecular weight is 412 g/mol. The summed E-state index contributed by atoms with van der Waals surface area (Å²) in [5, 5.41) is 32.4. The van der Waals surface area contributed by atoms with Crippen LogP contribution in [-0.2, 0) is 4.79 Å². The minimum atomic E-state index is -0.366. The van der Waals surface area contributed by atoms with Gasteiger partial charge in [-0.15, -0.1) is 0 Å². The van der Waals surface area contributed by atoms with Crippen LogP contribution in [0.1, 0.15) is 6.92 Å². The summed E-state index contributed by atoms with van der Waals surface area (Å²) in [4.78, 5) is 11.0. The van der Waals surface area contributed by atoms with Gasteiger partial charge in [0.25, 0.3) is 0 Å². The fourth-order valence-corrected chi connectivity index (χ4v) is 2.65. The molecule has 0 aliphatic heterocycles. The van der Waals surface area contributed by atoms with Gasteiger partial charge in [-0.25, -0.2) is 0 Å². The highest BCUT2D eigenvalue weighted by atomic mass is 35.5. The molecule has 2 aromatic rings. The van der Waals surface area contributed by atoms with Gasteiger partial charge in [-0.05, 0) is 36.4 Å². The van der Waals surface area contributed by atoms with Crippen LogP contribution < -0.4 is 15.4 Å². The highest BCUT2D eigenvalue weighted by Crippen LogP contribution is 2.39. The molecule has 0 bridgehead atoms. The van der Waals surface area contributed by atoms with E-state index in [4.69, 9.17) is 43.7 Å². The van der Waals surface area contributed by atoms with Crippen molar-refractivity contribution in [3.63, 3.8) is 0 Å². The first-order valence-corrected chi connectivity index (χ1v) is 8.39. The molecule has 0 spiro atoms. The zero-order valence-electron chi connectivity index (χ0n) is 14.4. The van der Waals surface area contributed by atoms with Gasteiger partial charge in [0, 0.05) is 18.3 Å². The van der Waals surface area contributed by atoms with Gasteiger partial charge >= 0.3 is 0 Å². The molecule has 28 heavy (non-hydrogen) atoms. The lowest BCUT2D eigenvalue weighted by atomic mass is 10.2. The molecule has 0 aromatic heterocycles. The Bertz CT molecular complexity index is 1030. The molecule has 2 rings (SSSR count). The minimum absolute atomic E-state index is 0.147. The van der Waals surface area contributed by atoms with Crippen LogP contribution in [0.2, 0.25) is 10.0 Å². The van der Waals surface area contributed by atoms with Gasteiger partial charge in [0.15, 0.2) is 11.3 Å². The Hall–Kier alpha value is -3.70. The van der Waals surface area contributed by atoms with Gasteiger partial charge in [-0.3, -0.25) is 4.79 Å². The maximum Gasteiger partial charge on any atom is 0.221 e. The number of amides is 1. The van der Waals surface area contributed by atoms with Gasteiger partial charge in [0.2, 0.25) is 5.91 Å². The second-order valence-corrected chi connectivity index (χ2v) is 6.10. The first-order chi connectivity index (χ1) is 13.4. The van der Waals surface area contributed by atoms with Crippen molar-refractivity contribution in [1.29, 1.82) is 15.8 Å². The zero-order chi connectivity index (χ0) is 20.7. The monoisotopic (exact) mass is 411 g/mol. The summed E-state index contributed by atoms with van der Waals surface area (Å²) in [6.45, 7) is 1.41. The molecule has 2 N–H and O–H groups in total. The number of carbonyl (C=O) groups is 1. The molecule has 0 radical (unpaired) electrons. The predicted molar refractivity (Wildman–Crippen MR) is 105 cm³/mol. The molecule has 9 heteroatoms. The maximum absolute atomic E-state index is 11.0. The summed E-state index contributed by atoms with van der Waals surface area (Å²) < 4.78 is 5.69. The summed E-state index contributed by atoms with van der Waals surface area (Å²) >= 11 is 12.4. The highest BCUT2D eigenvalue weighted by molar-refractivity contribution is 6.37. The lowest BCUT2D eigenvalue weighted by molar-refractivity contribution is -0.114. The number of carbonyl (C=O) groups excluding carboxylic acids is 1. The van der Waals surface area contributed by atoms with Crippen molar-refractivity contribution in [3.8, 4) is 29.7 Å². The van der Waals surface area contributed by atoms with E-state index in [1.54, 1.807) is 42.5 Å². The second kappa shape index (κ2) is 9.30. The van der Waals surface area contributed by atoms with E-state index >= 15 is 0 Å². The van der Waals surface area contributed by atoms with Crippen LogP contribution in [-0.4, -0.2) is 5.91 Å². The Morgan fingerprint density at radius 3 is 1.96 bits per heavy atom. The van der Waals surface area contributed by atoms with Crippen molar-refractivity contribution >= 4 is 40.5 Å². The van der Waals surface area contributed by atoms with Gasteiger partial charge in [0.1, 0.15) is 29.7 Å². The average Bonchev–Trinajstić information content (AvgIpc) is 2.65. The quantitative estimate of drug-likeness (QED) is 0.668. The molecule has 138 valence electrons. The van der Waals surface area contributed by atoms with Crippen LogP contribution in [0.5, 0.6) is 11.5 Å². The standard InChI is InChI=1S/C19H11Cl2N5O2/c1-11(27)25-13-2-4-15(5-3-13)28-19-16(20)6-14(7-17(19)21)26-18(10-24)12(8-22)9-23/h2-7,26H,1H3,(H,25,27). The van der Waals surface area contributed by atoms with Crippen molar-refractivity contribution in [2.24, 2.45) is 0 Å². The van der Waals surface area contributed by atoms with Gasteiger partial charge in [-0.1, -0.05) is 23.2 Å². The SMILES string of the molecule is CC(=O)Nc1ccc(Oc2c(Cl)cc(NC(C#N)=C(C#N)C#N)cc2Cl)cc1. The first kappa shape index (κ1) is 20.6. The molecular weight excluding hydrogens is 401 g/mol. The highest BCUT2D eigenvalue weighted by Gasteiger charge is 2.13. The van der Waals surface area contributed by atoms with Crippen molar-refractivity contribution in [3.05, 3.63) is 57.7 Å². The van der Waals surface area contributed by atoms with E-state index in [1.807, 2.05) is 0 Å². The van der Waals surface area contributed by atoms with Crippen LogP contribution in [0.4, 0.5) is 11.4 Å². The number of hydrogen-bond donors (Lipinski definition) is 2. The van der Waals surface area contributed by atoms with Crippen molar-refractivity contribution in [2.45, 2.75) is 6.92 Å². The first-order valence-electron chi connectivity index (χ1n) is 7.64. The summed E-state index contributed by atoms with van der Waals surface area (Å²) in [6, 6.07) is 14.5. The Morgan fingerprint density at radius 2 is 1.50 bits per heavy atom. The van der Waals surface area contributed by atoms with Crippen LogP contribution in [0, 0.1) is 34.0 Å². The van der Waals surface area contributed by atoms with E-state index in [0.717, 1.165) is 0 Å². The number of halogens is 2. The van der Waals surface area contributed by atoms with Crippen LogP contribution in [0.25, 0.3) is 0 Å². The molecule has 0 aliphatic carbocycles. The number of nitrogens with zero attached hydrogens (tertiary/aromatic N) is 3. The number of hydrogen-bond acceptors (Lipinski definition) is 6. The van der Waals surface area contributed by atoms with E-state index in [9.17, 15) is 4.79 Å². The maximum atomic E-state index is 11.0. The van der Waals surface area contributed by atoms with Crippen LogP contribution in [0.3, 0.4) is 0 Å². The van der Waals surface area contributed by atoms with Gasteiger partial charge in [0.05, 0.1) is 10.0 Å². The van der Waals surface area contributed by atoms with E-state index in [1.165, 1.54) is 19.1 Å². The number of rotatable bonds is 5. The Balaban J connectivity index is 2.26. The lowest BCUT2D eigenvalue weighted by Gasteiger charge is -2.13. The summed E-state index contributed by atoms with van der Waals surface area (Å²) in [7, 11) is 0. The van der Waals surface area contributed by atoms with E-state index in [0.29, 0.717) is 17.1 Å². The smallest absolute Gasteiger partial charge is 0.221 e. The third kappa shape index (κ3) is 5.16. The number of ether oxygens (including phenoxy) is 1. The molecule has 0 fully saturated rings. The minimum Gasteiger partial charge on any atom is -0.454 e. The number of anilines is 2. The molecule has 0 unspecified atom stereocenters. The molecule has 0 heterocycles. The van der Waals surface area contributed by atoms with Gasteiger partial charge in [-0.2, -0.15) is 15.8 Å². The van der Waals surface area contributed by atoms with Crippen molar-refractivity contribution in [1.82, 2.24) is 0 Å². The fourth-order valence-electron chi connectivity index (χ4n) is 2.08. The number of benzene rings is 2. The fraction of sp³-hybridized carbons (Fsp3) is 0.0526. The summed E-state index contributed by atoms with van der Waals surface area (Å²) in [5.41, 5.74) is 0.329. The van der Waals surface area contributed by atoms with E-state index in [2.05, 4.69) is 10.6 Å². The molecule has 7 nitrogen and oxygen atoms in total. The molecular formula is C19H11Cl2N5O2. The van der Waals surface area contributed by atoms with E-state index in [-0.39, 0.29) is 33.0 Å². The molecule has 0 atom stereocenters. The molecule has 2 aromatic carbocycles. The molecule has 1 amide bonds. The number of nitrogens with one attached hydrogen (secondary N) is 2. The Labute approximate surface area is 171 Å². The van der Waals surface area contributed by atoms with Crippen molar-refractivity contribution < 1.29 is 9.53 Å². The Morgan fingerprint density at radius 1 is 0.929 bits per heavy atom. The van der Waals surface area contributed by atoms with Gasteiger partial charge < -0.3 is 15.4 Å². The summed E-state index contributed by atoms with van der Waals surface area (Å²) in [6.07, 6.45) is 0. The number of allylic oxidation sites excluding steroid dienone is 2. The number of nitriles is 3. The molecule has 0 saturated heterocycles. The normalized spacial score (nSPS) is 9.29. The van der Waals surface area contributed by atoms with Crippen LogP contribution >= 0.6 is 23.2 Å². The lowest BCUT2D eigenvalue weighted by Crippen LogP contribution is -2.05. The zero-order valence-corrected chi connectivity index (χ0v) is 15.9. The third-order valence-electron chi connectivity index (χ3n) is 3.25. The largest absolute Gasteiger partial charge is 0.454 e. The second-order valence-electron chi connectivity index (χ2n) is 5.29. The van der Waals surface area contributed by atoms with E-state index < -0.39 is 0 Å². The summed E-state index contributed by atoms with van der Waals surface area (Å²) in [5.74, 6) is 0.432. The molecule has 0 saturated carbocycles. The Kier molecular flexibility index (Phi) is 6.84. The predicted octanol–water partition coefficient (Wildman–Crippen LogP) is 4.98. The van der Waals surface area contributed by atoms with Crippen molar-refractivity contribution in [2.75, 3.05) is 10.6 Å². The topological polar surface area (TPSA) is 122 Å².